The summed E-state index contributed by atoms with van der Waals surface area (Å²) in [5, 5.41) is 1.73. The molecule has 1 heterocycles. The number of ether oxygens (including phenoxy) is 1. The Kier molecular flexibility index (Phi) is 6.56. The van der Waals surface area contributed by atoms with Crippen LogP contribution in [-0.4, -0.2) is 42.0 Å². The van der Waals surface area contributed by atoms with Crippen LogP contribution in [0.3, 0.4) is 0 Å². The number of halogens is 4. The molecule has 0 bridgehead atoms. The topological polar surface area (TPSA) is 84.4 Å². The average molecular weight is 403 g/mol. The van der Waals surface area contributed by atoms with E-state index in [1.165, 1.54) is 30.4 Å². The van der Waals surface area contributed by atoms with Gasteiger partial charge in [-0.05, 0) is 18.2 Å². The normalized spacial score (nSPS) is 11.0. The van der Waals surface area contributed by atoms with Gasteiger partial charge < -0.3 is 15.0 Å². The summed E-state index contributed by atoms with van der Waals surface area (Å²) < 4.78 is 43.7. The van der Waals surface area contributed by atoms with Gasteiger partial charge in [0.25, 0.3) is 5.91 Å². The number of carbonyl (C=O) groups excluding carboxylic acids is 2. The van der Waals surface area contributed by atoms with Gasteiger partial charge >= 0.3 is 12.1 Å². The van der Waals surface area contributed by atoms with E-state index in [1.54, 1.807) is 6.07 Å². The molecule has 1 amide bonds. The first-order chi connectivity index (χ1) is 12.7. The van der Waals surface area contributed by atoms with E-state index in [2.05, 4.69) is 9.97 Å². The Morgan fingerprint density at radius 3 is 2.52 bits per heavy atom. The Hall–Kier alpha value is -2.88. The molecule has 2 aromatic rings. The third kappa shape index (κ3) is 5.81. The number of carbonyl (C=O) groups is 2. The minimum atomic E-state index is -4.71. The number of rotatable bonds is 6. The molecular formula is C16H14ClF3N4O3. The summed E-state index contributed by atoms with van der Waals surface area (Å²) in [7, 11) is 1.54. The van der Waals surface area contributed by atoms with Crippen LogP contribution in [0.15, 0.2) is 36.7 Å². The molecule has 27 heavy (non-hydrogen) atoms. The highest BCUT2D eigenvalue weighted by molar-refractivity contribution is 6.34. The van der Waals surface area contributed by atoms with Crippen LogP contribution in [0.4, 0.5) is 24.8 Å². The van der Waals surface area contributed by atoms with Gasteiger partial charge in [0.05, 0.1) is 16.3 Å². The summed E-state index contributed by atoms with van der Waals surface area (Å²) in [5.41, 5.74) is -1.70. The highest BCUT2D eigenvalue weighted by Gasteiger charge is 2.34. The molecule has 0 fully saturated rings. The fraction of sp³-hybridized carbons (Fsp3) is 0.250. The summed E-state index contributed by atoms with van der Waals surface area (Å²) in [4.78, 5) is 32.9. The van der Waals surface area contributed by atoms with Crippen molar-refractivity contribution in [2.24, 2.45) is 0 Å². The third-order valence-corrected chi connectivity index (χ3v) is 3.52. The Morgan fingerprint density at radius 1 is 1.22 bits per heavy atom. The zero-order valence-electron chi connectivity index (χ0n) is 14.0. The molecule has 7 nitrogen and oxygen atoms in total. The average Bonchev–Trinajstić information content (AvgIpc) is 2.61. The van der Waals surface area contributed by atoms with Gasteiger partial charge in [-0.1, -0.05) is 17.7 Å². The zero-order chi connectivity index (χ0) is 20.0. The lowest BCUT2D eigenvalue weighted by atomic mass is 10.1. The van der Waals surface area contributed by atoms with Crippen molar-refractivity contribution in [1.82, 2.24) is 9.97 Å². The lowest BCUT2D eigenvalue weighted by Crippen LogP contribution is -2.31. The summed E-state index contributed by atoms with van der Waals surface area (Å²) >= 11 is 5.74. The van der Waals surface area contributed by atoms with Crippen LogP contribution in [0.25, 0.3) is 0 Å². The van der Waals surface area contributed by atoms with E-state index >= 15 is 0 Å². The summed E-state index contributed by atoms with van der Waals surface area (Å²) in [5.74, 6) is -1.47. The van der Waals surface area contributed by atoms with Crippen LogP contribution < -0.4 is 10.2 Å². The number of nitrogens with one attached hydrogen (secondary N) is 1. The molecule has 0 atom stereocenters. The molecule has 1 N–H and O–H groups in total. The van der Waals surface area contributed by atoms with E-state index in [4.69, 9.17) is 16.3 Å². The quantitative estimate of drug-likeness (QED) is 0.748. The van der Waals surface area contributed by atoms with Crippen LogP contribution in [0.1, 0.15) is 5.56 Å². The van der Waals surface area contributed by atoms with Crippen LogP contribution in [0.2, 0.25) is 5.02 Å². The molecule has 0 aliphatic heterocycles. The molecule has 1 aromatic heterocycles. The molecule has 0 saturated heterocycles. The zero-order valence-corrected chi connectivity index (χ0v) is 14.7. The van der Waals surface area contributed by atoms with E-state index in [0.29, 0.717) is 0 Å². The number of amides is 1. The molecule has 1 aromatic carbocycles. The summed E-state index contributed by atoms with van der Waals surface area (Å²) in [6.45, 7) is -1.03. The largest absolute Gasteiger partial charge is 0.454 e. The number of aromatic nitrogens is 2. The van der Waals surface area contributed by atoms with Gasteiger partial charge in [0.1, 0.15) is 6.54 Å². The van der Waals surface area contributed by atoms with Crippen molar-refractivity contribution >= 4 is 35.1 Å². The maximum absolute atomic E-state index is 13.0. The predicted molar refractivity (Wildman–Crippen MR) is 91.3 cm³/mol. The second-order valence-electron chi connectivity index (χ2n) is 5.27. The number of hydrogen-bond donors (Lipinski definition) is 1. The maximum Gasteiger partial charge on any atom is 0.418 e. The number of hydrogen-bond acceptors (Lipinski definition) is 6. The number of para-hydroxylation sites is 1. The predicted octanol–water partition coefficient (Wildman–Crippen LogP) is 2.77. The second kappa shape index (κ2) is 8.67. The number of alkyl halides is 3. The summed E-state index contributed by atoms with van der Waals surface area (Å²) in [6, 6.07) is 4.70. The lowest BCUT2D eigenvalue weighted by molar-refractivity contribution is -0.146. The molecule has 11 heteroatoms. The molecule has 0 radical (unpaired) electrons. The molecule has 2 rings (SSSR count). The van der Waals surface area contributed by atoms with Gasteiger partial charge in [-0.3, -0.25) is 9.59 Å². The Balaban J connectivity index is 1.93. The van der Waals surface area contributed by atoms with E-state index in [9.17, 15) is 22.8 Å². The third-order valence-electron chi connectivity index (χ3n) is 3.21. The molecule has 0 spiro atoms. The smallest absolute Gasteiger partial charge is 0.418 e. The standard InChI is InChI=1S/C16H14ClF3N4O3/c1-24(15-21-6-3-7-22-15)8-13(26)27-9-12(25)23-14-10(16(18,19)20)4-2-5-11(14)17/h2-7H,8-9H2,1H3,(H,23,25). The monoisotopic (exact) mass is 402 g/mol. The van der Waals surface area contributed by atoms with E-state index in [0.717, 1.165) is 12.1 Å². The SMILES string of the molecule is CN(CC(=O)OCC(=O)Nc1c(Cl)cccc1C(F)(F)F)c1ncccn1. The van der Waals surface area contributed by atoms with Gasteiger partial charge in [0.15, 0.2) is 6.61 Å². The Morgan fingerprint density at radius 2 is 1.89 bits per heavy atom. The molecule has 0 unspecified atom stereocenters. The Labute approximate surface area is 157 Å². The van der Waals surface area contributed by atoms with Crippen LogP contribution in [0.5, 0.6) is 0 Å². The first-order valence-electron chi connectivity index (χ1n) is 7.48. The van der Waals surface area contributed by atoms with Crippen molar-refractivity contribution in [3.63, 3.8) is 0 Å². The Bertz CT molecular complexity index is 818. The first kappa shape index (κ1) is 20.4. The highest BCUT2D eigenvalue weighted by Crippen LogP contribution is 2.38. The molecule has 0 aliphatic carbocycles. The van der Waals surface area contributed by atoms with Gasteiger partial charge in [0, 0.05) is 19.4 Å². The molecular weight excluding hydrogens is 389 g/mol. The summed E-state index contributed by atoms with van der Waals surface area (Å²) in [6.07, 6.45) is -1.73. The number of nitrogens with zero attached hydrogens (tertiary/aromatic N) is 3. The number of likely N-dealkylation sites (N-methyl/N-ethyl adjacent to an activating group) is 1. The van der Waals surface area contributed by atoms with Crippen molar-refractivity contribution in [3.8, 4) is 0 Å². The molecule has 0 saturated carbocycles. The van der Waals surface area contributed by atoms with Crippen molar-refractivity contribution in [2.75, 3.05) is 30.4 Å². The fourth-order valence-electron chi connectivity index (χ4n) is 2.01. The van der Waals surface area contributed by atoms with Crippen molar-refractivity contribution < 1.29 is 27.5 Å². The minimum absolute atomic E-state index is 0.253. The highest BCUT2D eigenvalue weighted by atomic mass is 35.5. The van der Waals surface area contributed by atoms with Crippen molar-refractivity contribution in [2.45, 2.75) is 6.18 Å². The lowest BCUT2D eigenvalue weighted by Gasteiger charge is -2.16. The second-order valence-corrected chi connectivity index (χ2v) is 5.68. The number of anilines is 2. The van der Waals surface area contributed by atoms with Crippen LogP contribution >= 0.6 is 11.6 Å². The van der Waals surface area contributed by atoms with E-state index in [1.807, 2.05) is 5.32 Å². The minimum Gasteiger partial charge on any atom is -0.454 e. The van der Waals surface area contributed by atoms with Gasteiger partial charge in [-0.15, -0.1) is 0 Å². The van der Waals surface area contributed by atoms with Gasteiger partial charge in [-0.2, -0.15) is 13.2 Å². The molecule has 0 aliphatic rings. The van der Waals surface area contributed by atoms with Crippen LogP contribution in [0, 0.1) is 0 Å². The first-order valence-corrected chi connectivity index (χ1v) is 7.85. The van der Waals surface area contributed by atoms with E-state index < -0.39 is 35.9 Å². The number of esters is 1. The number of benzene rings is 1. The van der Waals surface area contributed by atoms with E-state index in [-0.39, 0.29) is 17.5 Å². The van der Waals surface area contributed by atoms with Crippen LogP contribution in [-0.2, 0) is 20.5 Å². The van der Waals surface area contributed by atoms with Crippen molar-refractivity contribution in [1.29, 1.82) is 0 Å². The maximum atomic E-state index is 13.0. The van der Waals surface area contributed by atoms with Crippen molar-refractivity contribution in [3.05, 3.63) is 47.2 Å². The van der Waals surface area contributed by atoms with Gasteiger partial charge in [0.2, 0.25) is 5.95 Å². The van der Waals surface area contributed by atoms with Gasteiger partial charge in [-0.25, -0.2) is 9.97 Å². The fourth-order valence-corrected chi connectivity index (χ4v) is 2.23. The molecule has 144 valence electrons.